The van der Waals surface area contributed by atoms with Crippen molar-refractivity contribution in [2.75, 3.05) is 6.54 Å². The molecule has 2 unspecified atom stereocenters. The van der Waals surface area contributed by atoms with Gasteiger partial charge in [0.1, 0.15) is 5.82 Å². The molecule has 0 radical (unpaired) electrons. The molecule has 1 aromatic rings. The zero-order valence-electron chi connectivity index (χ0n) is 15.9. The Bertz CT molecular complexity index is 802. The van der Waals surface area contributed by atoms with Crippen LogP contribution in [0.3, 0.4) is 0 Å². The number of amidine groups is 1. The molecule has 2 aliphatic heterocycles. The number of aliphatic imine (C=N–C) groups is 1. The van der Waals surface area contributed by atoms with Gasteiger partial charge >= 0.3 is 6.09 Å². The van der Waals surface area contributed by atoms with Crippen LogP contribution in [-0.2, 0) is 11.2 Å². The maximum absolute atomic E-state index is 13.5. The van der Waals surface area contributed by atoms with E-state index in [0.29, 0.717) is 12.1 Å². The first kappa shape index (κ1) is 19.1. The van der Waals surface area contributed by atoms with Gasteiger partial charge in [-0.1, -0.05) is 26.8 Å². The monoisotopic (exact) mass is 375 g/mol. The molecule has 0 aliphatic carbocycles. The number of nitrogens with two attached hydrogens (primary N) is 2. The molecule has 1 saturated heterocycles. The topological polar surface area (TPSA) is 106 Å². The Kier molecular flexibility index (Phi) is 4.84. The quantitative estimate of drug-likeness (QED) is 0.358. The second kappa shape index (κ2) is 6.83. The number of benzene rings is 1. The number of hydrogen-bond acceptors (Lipinski definition) is 5. The maximum atomic E-state index is 13.5. The van der Waals surface area contributed by atoms with Crippen LogP contribution in [0.5, 0.6) is 0 Å². The SMILES string of the molecule is CC(C)(C)C1CCCN1C(=O)OC1(C(N)=NN)Cc2ccc(F)cc2C=N1. The molecule has 0 spiro atoms. The minimum atomic E-state index is -1.53. The number of hydrogen-bond donors (Lipinski definition) is 2. The van der Waals surface area contributed by atoms with Gasteiger partial charge in [-0.05, 0) is 41.5 Å². The zero-order chi connectivity index (χ0) is 19.8. The van der Waals surface area contributed by atoms with Crippen molar-refractivity contribution in [2.24, 2.45) is 27.1 Å². The Balaban J connectivity index is 1.89. The molecule has 8 heteroatoms. The number of halogens is 1. The van der Waals surface area contributed by atoms with Crippen LogP contribution >= 0.6 is 0 Å². The molecule has 2 aliphatic rings. The number of fused-ring (bicyclic) bond motifs is 1. The van der Waals surface area contributed by atoms with Crippen LogP contribution in [0.2, 0.25) is 0 Å². The van der Waals surface area contributed by atoms with Crippen LogP contribution in [0, 0.1) is 11.2 Å². The Morgan fingerprint density at radius 3 is 2.85 bits per heavy atom. The molecule has 3 rings (SSSR count). The predicted molar refractivity (Wildman–Crippen MR) is 102 cm³/mol. The zero-order valence-corrected chi connectivity index (χ0v) is 15.9. The van der Waals surface area contributed by atoms with Gasteiger partial charge in [0, 0.05) is 25.2 Å². The largest absolute Gasteiger partial charge is 0.413 e. The van der Waals surface area contributed by atoms with Crippen molar-refractivity contribution >= 4 is 18.1 Å². The molecule has 1 fully saturated rings. The molecule has 2 atom stereocenters. The Morgan fingerprint density at radius 2 is 2.19 bits per heavy atom. The summed E-state index contributed by atoms with van der Waals surface area (Å²) in [5, 5.41) is 3.53. The summed E-state index contributed by atoms with van der Waals surface area (Å²) in [5.74, 6) is 4.91. The average molecular weight is 375 g/mol. The van der Waals surface area contributed by atoms with Gasteiger partial charge in [0.05, 0.1) is 0 Å². The van der Waals surface area contributed by atoms with E-state index in [-0.39, 0.29) is 29.5 Å². The van der Waals surface area contributed by atoms with Crippen LogP contribution < -0.4 is 11.6 Å². The fraction of sp³-hybridized carbons (Fsp3) is 0.526. The summed E-state index contributed by atoms with van der Waals surface area (Å²) in [6.45, 7) is 6.90. The molecule has 0 bridgehead atoms. The van der Waals surface area contributed by atoms with Gasteiger partial charge in [0.2, 0.25) is 0 Å². The van der Waals surface area contributed by atoms with E-state index in [9.17, 15) is 9.18 Å². The average Bonchev–Trinajstić information content (AvgIpc) is 3.11. The lowest BCUT2D eigenvalue weighted by Gasteiger charge is -2.38. The molecule has 146 valence electrons. The second-order valence-electron chi connectivity index (χ2n) is 8.16. The summed E-state index contributed by atoms with van der Waals surface area (Å²) in [6, 6.07) is 4.40. The standard InChI is InChI=1S/C19H26FN5O2/c1-18(2,3)15-5-4-8-25(15)17(26)27-19(16(21)24-22)10-12-6-7-14(20)9-13(12)11-23-19/h6-7,9,11,15H,4-5,8,10,22H2,1-3H3,(H2,21,24). The van der Waals surface area contributed by atoms with Gasteiger partial charge in [-0.15, -0.1) is 0 Å². The summed E-state index contributed by atoms with van der Waals surface area (Å²) in [7, 11) is 0. The van der Waals surface area contributed by atoms with Crippen molar-refractivity contribution in [1.29, 1.82) is 0 Å². The van der Waals surface area contributed by atoms with E-state index in [1.807, 2.05) is 0 Å². The number of nitrogens with zero attached hydrogens (tertiary/aromatic N) is 3. The minimum Gasteiger partial charge on any atom is -0.413 e. The molecular formula is C19H26FN5O2. The third-order valence-electron chi connectivity index (χ3n) is 5.23. The van der Waals surface area contributed by atoms with Gasteiger partial charge in [-0.3, -0.25) is 0 Å². The first-order valence-electron chi connectivity index (χ1n) is 9.03. The van der Waals surface area contributed by atoms with Crippen molar-refractivity contribution < 1.29 is 13.9 Å². The predicted octanol–water partition coefficient (Wildman–Crippen LogP) is 2.38. The fourth-order valence-electron chi connectivity index (χ4n) is 3.79. The Morgan fingerprint density at radius 1 is 1.44 bits per heavy atom. The van der Waals surface area contributed by atoms with E-state index < -0.39 is 11.8 Å². The third-order valence-corrected chi connectivity index (χ3v) is 5.23. The molecule has 0 saturated carbocycles. The third kappa shape index (κ3) is 3.61. The molecule has 2 heterocycles. The Labute approximate surface area is 158 Å². The van der Waals surface area contributed by atoms with Gasteiger partial charge in [-0.25, -0.2) is 14.2 Å². The number of carbonyl (C=O) groups excluding carboxylic acids is 1. The highest BCUT2D eigenvalue weighted by Crippen LogP contribution is 2.35. The maximum Gasteiger partial charge on any atom is 0.412 e. The van der Waals surface area contributed by atoms with Crippen molar-refractivity contribution in [1.82, 2.24) is 4.90 Å². The van der Waals surface area contributed by atoms with E-state index in [0.717, 1.165) is 18.4 Å². The summed E-state index contributed by atoms with van der Waals surface area (Å²) in [6.07, 6.45) is 2.92. The van der Waals surface area contributed by atoms with E-state index in [2.05, 4.69) is 30.9 Å². The number of likely N-dealkylation sites (tertiary alicyclic amines) is 1. The van der Waals surface area contributed by atoms with E-state index in [1.165, 1.54) is 18.3 Å². The van der Waals surface area contributed by atoms with E-state index in [1.54, 1.807) is 11.0 Å². The lowest BCUT2D eigenvalue weighted by molar-refractivity contribution is 0.0214. The molecule has 4 N–H and O–H groups in total. The van der Waals surface area contributed by atoms with E-state index in [4.69, 9.17) is 16.3 Å². The summed E-state index contributed by atoms with van der Waals surface area (Å²) in [5.41, 5.74) is 5.74. The molecule has 1 aromatic carbocycles. The smallest absolute Gasteiger partial charge is 0.412 e. The molecular weight excluding hydrogens is 349 g/mol. The van der Waals surface area contributed by atoms with E-state index >= 15 is 0 Å². The molecule has 7 nitrogen and oxygen atoms in total. The van der Waals surface area contributed by atoms with Crippen molar-refractivity contribution in [3.8, 4) is 0 Å². The van der Waals surface area contributed by atoms with Gasteiger partial charge in [0.25, 0.3) is 5.72 Å². The number of ether oxygens (including phenoxy) is 1. The fourth-order valence-corrected chi connectivity index (χ4v) is 3.79. The van der Waals surface area contributed by atoms with Crippen LogP contribution in [0.15, 0.2) is 28.3 Å². The van der Waals surface area contributed by atoms with Gasteiger partial charge < -0.3 is 21.2 Å². The van der Waals surface area contributed by atoms with Crippen molar-refractivity contribution in [3.63, 3.8) is 0 Å². The van der Waals surface area contributed by atoms with Crippen molar-refractivity contribution in [2.45, 2.75) is 51.8 Å². The normalized spacial score (nSPS) is 25.4. The van der Waals surface area contributed by atoms with Crippen LogP contribution in [-0.4, -0.2) is 41.4 Å². The first-order chi connectivity index (χ1) is 12.7. The van der Waals surface area contributed by atoms with Gasteiger partial charge in [0.15, 0.2) is 5.84 Å². The summed E-state index contributed by atoms with van der Waals surface area (Å²) >= 11 is 0. The molecule has 27 heavy (non-hydrogen) atoms. The number of rotatable bonds is 2. The molecule has 0 aromatic heterocycles. The van der Waals surface area contributed by atoms with Crippen LogP contribution in [0.25, 0.3) is 0 Å². The van der Waals surface area contributed by atoms with Crippen LogP contribution in [0.4, 0.5) is 9.18 Å². The highest BCUT2D eigenvalue weighted by Gasteiger charge is 2.45. The lowest BCUT2D eigenvalue weighted by atomic mass is 9.85. The highest BCUT2D eigenvalue weighted by atomic mass is 19.1. The minimum absolute atomic E-state index is 0.0621. The summed E-state index contributed by atoms with van der Waals surface area (Å²) in [4.78, 5) is 19.0. The van der Waals surface area contributed by atoms with Crippen LogP contribution in [0.1, 0.15) is 44.7 Å². The lowest BCUT2D eigenvalue weighted by Crippen LogP contribution is -2.53. The van der Waals surface area contributed by atoms with Gasteiger partial charge in [-0.2, -0.15) is 5.10 Å². The summed E-state index contributed by atoms with van der Waals surface area (Å²) < 4.78 is 19.2. The highest BCUT2D eigenvalue weighted by molar-refractivity contribution is 5.95. The number of carbonyl (C=O) groups is 1. The Hall–Kier alpha value is -2.64. The number of amides is 1. The first-order valence-corrected chi connectivity index (χ1v) is 9.03. The number of hydrazone groups is 1. The van der Waals surface area contributed by atoms with Crippen molar-refractivity contribution in [3.05, 3.63) is 35.1 Å². The molecule has 1 amide bonds. The second-order valence-corrected chi connectivity index (χ2v) is 8.16.